The second kappa shape index (κ2) is 8.94. The van der Waals surface area contributed by atoms with Gasteiger partial charge in [0.2, 0.25) is 0 Å². The van der Waals surface area contributed by atoms with Crippen LogP contribution in [0.1, 0.15) is 44.7 Å². The van der Waals surface area contributed by atoms with Crippen LogP contribution < -0.4 is 10.2 Å². The molecule has 2 N–H and O–H groups in total. The van der Waals surface area contributed by atoms with Crippen molar-refractivity contribution >= 4 is 5.69 Å². The maximum absolute atomic E-state index is 8.76. The number of aliphatic hydroxyl groups excluding tert-OH is 1. The summed E-state index contributed by atoms with van der Waals surface area (Å²) in [5.41, 5.74) is 2.59. The number of aliphatic hydroxyl groups is 1. The molecule has 1 aromatic carbocycles. The van der Waals surface area contributed by atoms with Crippen molar-refractivity contribution in [2.24, 2.45) is 0 Å². The Labute approximate surface area is 117 Å². The van der Waals surface area contributed by atoms with E-state index in [1.165, 1.54) is 11.3 Å². The molecule has 1 rings (SSSR count). The molecule has 0 aliphatic rings. The van der Waals surface area contributed by atoms with Gasteiger partial charge in [0.05, 0.1) is 0 Å². The SMILES string of the molecule is CCNC(C)c1ccc(N(C)CCCCCO)cc1. The van der Waals surface area contributed by atoms with Gasteiger partial charge in [-0.3, -0.25) is 0 Å². The van der Waals surface area contributed by atoms with Gasteiger partial charge in [-0.2, -0.15) is 0 Å². The highest BCUT2D eigenvalue weighted by molar-refractivity contribution is 5.47. The predicted octanol–water partition coefficient (Wildman–Crippen LogP) is 2.96. The maximum atomic E-state index is 8.76. The molecule has 0 radical (unpaired) electrons. The van der Waals surface area contributed by atoms with E-state index in [1.54, 1.807) is 0 Å². The van der Waals surface area contributed by atoms with E-state index < -0.39 is 0 Å². The van der Waals surface area contributed by atoms with Crippen molar-refractivity contribution in [3.8, 4) is 0 Å². The third-order valence-corrected chi connectivity index (χ3v) is 3.50. The van der Waals surface area contributed by atoms with E-state index in [2.05, 4.69) is 55.4 Å². The summed E-state index contributed by atoms with van der Waals surface area (Å²) in [5.74, 6) is 0. The number of benzene rings is 1. The van der Waals surface area contributed by atoms with Gasteiger partial charge in [0.15, 0.2) is 0 Å². The van der Waals surface area contributed by atoms with E-state index in [4.69, 9.17) is 5.11 Å². The van der Waals surface area contributed by atoms with Gasteiger partial charge < -0.3 is 15.3 Å². The van der Waals surface area contributed by atoms with Gasteiger partial charge in [0, 0.05) is 31.9 Å². The molecule has 0 aliphatic carbocycles. The second-order valence-electron chi connectivity index (χ2n) is 5.08. The molecule has 0 fully saturated rings. The van der Waals surface area contributed by atoms with Gasteiger partial charge in [-0.1, -0.05) is 19.1 Å². The van der Waals surface area contributed by atoms with Crippen LogP contribution in [0.4, 0.5) is 5.69 Å². The van der Waals surface area contributed by atoms with Crippen LogP contribution >= 0.6 is 0 Å². The Morgan fingerprint density at radius 3 is 2.42 bits per heavy atom. The number of unbranched alkanes of at least 4 members (excludes halogenated alkanes) is 2. The smallest absolute Gasteiger partial charge is 0.0431 e. The summed E-state index contributed by atoms with van der Waals surface area (Å²) in [5, 5.41) is 12.2. The first-order valence-corrected chi connectivity index (χ1v) is 7.34. The number of hydrogen-bond donors (Lipinski definition) is 2. The average Bonchev–Trinajstić information content (AvgIpc) is 2.44. The van der Waals surface area contributed by atoms with Crippen molar-refractivity contribution in [2.75, 3.05) is 31.6 Å². The van der Waals surface area contributed by atoms with Crippen molar-refractivity contribution in [3.63, 3.8) is 0 Å². The summed E-state index contributed by atoms with van der Waals surface area (Å²) < 4.78 is 0. The number of rotatable bonds is 9. The van der Waals surface area contributed by atoms with Crippen LogP contribution in [-0.4, -0.2) is 31.9 Å². The maximum Gasteiger partial charge on any atom is 0.0431 e. The summed E-state index contributed by atoms with van der Waals surface area (Å²) in [6, 6.07) is 9.19. The third kappa shape index (κ3) is 5.62. The number of nitrogens with zero attached hydrogens (tertiary/aromatic N) is 1. The fourth-order valence-electron chi connectivity index (χ4n) is 2.21. The van der Waals surface area contributed by atoms with E-state index in [0.717, 1.165) is 32.4 Å². The zero-order valence-electron chi connectivity index (χ0n) is 12.5. The normalized spacial score (nSPS) is 12.4. The van der Waals surface area contributed by atoms with Crippen molar-refractivity contribution in [3.05, 3.63) is 29.8 Å². The minimum Gasteiger partial charge on any atom is -0.396 e. The van der Waals surface area contributed by atoms with Crippen molar-refractivity contribution in [2.45, 2.75) is 39.2 Å². The van der Waals surface area contributed by atoms with E-state index in [0.29, 0.717) is 12.6 Å². The summed E-state index contributed by atoms with van der Waals surface area (Å²) in [6.45, 7) is 6.67. The first-order chi connectivity index (χ1) is 9.19. The molecule has 108 valence electrons. The lowest BCUT2D eigenvalue weighted by molar-refractivity contribution is 0.283. The van der Waals surface area contributed by atoms with Crippen molar-refractivity contribution in [1.29, 1.82) is 0 Å². The van der Waals surface area contributed by atoms with Crippen LogP contribution in [0, 0.1) is 0 Å². The molecule has 0 spiro atoms. The molecule has 0 amide bonds. The van der Waals surface area contributed by atoms with Crippen LogP contribution in [0.25, 0.3) is 0 Å². The van der Waals surface area contributed by atoms with Crippen LogP contribution in [-0.2, 0) is 0 Å². The fourth-order valence-corrected chi connectivity index (χ4v) is 2.21. The topological polar surface area (TPSA) is 35.5 Å². The van der Waals surface area contributed by atoms with E-state index in [9.17, 15) is 0 Å². The Bertz CT molecular complexity index is 337. The van der Waals surface area contributed by atoms with Crippen LogP contribution in [0.5, 0.6) is 0 Å². The molecular weight excluding hydrogens is 236 g/mol. The number of anilines is 1. The average molecular weight is 264 g/mol. The third-order valence-electron chi connectivity index (χ3n) is 3.50. The van der Waals surface area contributed by atoms with Gasteiger partial charge in [0.25, 0.3) is 0 Å². The number of nitrogens with one attached hydrogen (secondary N) is 1. The predicted molar refractivity (Wildman–Crippen MR) is 82.7 cm³/mol. The van der Waals surface area contributed by atoms with E-state index in [-0.39, 0.29) is 0 Å². The van der Waals surface area contributed by atoms with Gasteiger partial charge in [0.1, 0.15) is 0 Å². The molecule has 19 heavy (non-hydrogen) atoms. The van der Waals surface area contributed by atoms with Crippen LogP contribution in [0.3, 0.4) is 0 Å². The Morgan fingerprint density at radius 1 is 1.16 bits per heavy atom. The molecule has 0 saturated carbocycles. The van der Waals surface area contributed by atoms with Gasteiger partial charge >= 0.3 is 0 Å². The monoisotopic (exact) mass is 264 g/mol. The molecular formula is C16H28N2O. The minimum atomic E-state index is 0.306. The summed E-state index contributed by atoms with van der Waals surface area (Å²) in [7, 11) is 2.13. The summed E-state index contributed by atoms with van der Waals surface area (Å²) in [4.78, 5) is 2.28. The molecule has 3 nitrogen and oxygen atoms in total. The molecule has 1 aromatic rings. The lowest BCUT2D eigenvalue weighted by atomic mass is 10.1. The quantitative estimate of drug-likeness (QED) is 0.673. The molecule has 0 aliphatic heterocycles. The number of hydrogen-bond acceptors (Lipinski definition) is 3. The van der Waals surface area contributed by atoms with Crippen molar-refractivity contribution < 1.29 is 5.11 Å². The molecule has 0 bridgehead atoms. The molecule has 0 aromatic heterocycles. The van der Waals surface area contributed by atoms with Gasteiger partial charge in [-0.15, -0.1) is 0 Å². The fraction of sp³-hybridized carbons (Fsp3) is 0.625. The standard InChI is InChI=1S/C16H28N2O/c1-4-17-14(2)15-8-10-16(11-9-15)18(3)12-6-5-7-13-19/h8-11,14,17,19H,4-7,12-13H2,1-3H3. The highest BCUT2D eigenvalue weighted by Gasteiger charge is 2.05. The largest absolute Gasteiger partial charge is 0.396 e. The van der Waals surface area contributed by atoms with E-state index in [1.807, 2.05) is 0 Å². The summed E-state index contributed by atoms with van der Waals surface area (Å²) >= 11 is 0. The molecule has 1 unspecified atom stereocenters. The van der Waals surface area contributed by atoms with Gasteiger partial charge in [-0.25, -0.2) is 0 Å². The minimum absolute atomic E-state index is 0.306. The lowest BCUT2D eigenvalue weighted by Gasteiger charge is -2.20. The molecule has 0 saturated heterocycles. The Kier molecular flexibility index (Phi) is 7.53. The van der Waals surface area contributed by atoms with Crippen molar-refractivity contribution in [1.82, 2.24) is 5.32 Å². The van der Waals surface area contributed by atoms with E-state index >= 15 is 0 Å². The highest BCUT2D eigenvalue weighted by Crippen LogP contribution is 2.18. The molecule has 3 heteroatoms. The zero-order chi connectivity index (χ0) is 14.1. The first-order valence-electron chi connectivity index (χ1n) is 7.34. The Balaban J connectivity index is 2.46. The van der Waals surface area contributed by atoms with Crippen LogP contribution in [0.15, 0.2) is 24.3 Å². The molecule has 1 atom stereocenters. The Hall–Kier alpha value is -1.06. The van der Waals surface area contributed by atoms with Crippen LogP contribution in [0.2, 0.25) is 0 Å². The Morgan fingerprint density at radius 2 is 1.84 bits per heavy atom. The van der Waals surface area contributed by atoms with Gasteiger partial charge in [-0.05, 0) is 50.4 Å². The summed E-state index contributed by atoms with van der Waals surface area (Å²) in [6.07, 6.45) is 3.13. The molecule has 0 heterocycles. The zero-order valence-corrected chi connectivity index (χ0v) is 12.5. The first kappa shape index (κ1) is 16.0. The second-order valence-corrected chi connectivity index (χ2v) is 5.08. The highest BCUT2D eigenvalue weighted by atomic mass is 16.2. The lowest BCUT2D eigenvalue weighted by Crippen LogP contribution is -2.19.